The zero-order valence-electron chi connectivity index (χ0n) is 12.9. The number of rotatable bonds is 4. The topological polar surface area (TPSA) is 111 Å². The third-order valence-corrected chi connectivity index (χ3v) is 3.23. The first-order valence-corrected chi connectivity index (χ1v) is 6.75. The predicted molar refractivity (Wildman–Crippen MR) is 82.7 cm³/mol. The van der Waals surface area contributed by atoms with Gasteiger partial charge in [0.25, 0.3) is 0 Å². The first-order valence-electron chi connectivity index (χ1n) is 6.75. The van der Waals surface area contributed by atoms with Gasteiger partial charge in [-0.05, 0) is 47.4 Å². The number of carbonyl (C=O) groups is 2. The second kappa shape index (κ2) is 8.62. The van der Waals surface area contributed by atoms with E-state index in [0.717, 1.165) is 28.7 Å². The summed E-state index contributed by atoms with van der Waals surface area (Å²) < 4.78 is 17.8. The first kappa shape index (κ1) is 18.3. The van der Waals surface area contributed by atoms with Crippen molar-refractivity contribution >= 4 is 17.6 Å². The minimum absolute atomic E-state index is 0.221. The summed E-state index contributed by atoms with van der Waals surface area (Å²) in [6.45, 7) is 1.71. The Bertz CT molecular complexity index is 644. The van der Waals surface area contributed by atoms with Gasteiger partial charge in [0.05, 0.1) is 13.5 Å². The highest BCUT2D eigenvalue weighted by Gasteiger charge is 2.21. The van der Waals surface area contributed by atoms with Crippen LogP contribution in [0.3, 0.4) is 0 Å². The number of primary amides is 1. The van der Waals surface area contributed by atoms with E-state index >= 15 is 0 Å². The van der Waals surface area contributed by atoms with E-state index in [-0.39, 0.29) is 24.9 Å². The van der Waals surface area contributed by atoms with Gasteiger partial charge in [-0.1, -0.05) is 11.6 Å². The molecule has 1 aliphatic rings. The van der Waals surface area contributed by atoms with E-state index in [9.17, 15) is 18.9 Å². The highest BCUT2D eigenvalue weighted by molar-refractivity contribution is 5.89. The minimum atomic E-state index is -0.736. The van der Waals surface area contributed by atoms with Gasteiger partial charge in [-0.25, -0.2) is 9.18 Å². The number of carbonyl (C=O) groups excluding carboxylic acids is 2. The normalized spacial score (nSPS) is 12.0. The number of hydrogen-bond donors (Lipinski definition) is 2. The fourth-order valence-corrected chi connectivity index (χ4v) is 2.18. The highest BCUT2D eigenvalue weighted by atomic mass is 19.1. The number of nitrogens with zero attached hydrogens (tertiary/aromatic N) is 1. The quantitative estimate of drug-likeness (QED) is 0.653. The summed E-state index contributed by atoms with van der Waals surface area (Å²) in [5, 5.41) is 4.27. The van der Waals surface area contributed by atoms with E-state index in [1.54, 1.807) is 6.07 Å². The van der Waals surface area contributed by atoms with Crippen LogP contribution in [0.2, 0.25) is 0 Å². The molecule has 8 heteroatoms. The number of nitrogens with two attached hydrogens (primary N) is 1. The van der Waals surface area contributed by atoms with Crippen molar-refractivity contribution in [3.8, 4) is 0 Å². The molecule has 0 heterocycles. The van der Waals surface area contributed by atoms with Gasteiger partial charge in [0.2, 0.25) is 0 Å². The second-order valence-corrected chi connectivity index (χ2v) is 4.82. The van der Waals surface area contributed by atoms with Crippen molar-refractivity contribution in [3.05, 3.63) is 45.6 Å². The molecule has 1 aromatic rings. The molecule has 0 aromatic heterocycles. The lowest BCUT2D eigenvalue weighted by Crippen LogP contribution is -2.28. The van der Waals surface area contributed by atoms with Crippen molar-refractivity contribution in [2.75, 3.05) is 13.8 Å². The standard InChI is InChI=1S/C13H13FO2.C2H5N3O2/c1-8-5-9-3-4-10(14)6-12(9)11(8)7-13(15)16-2;3-2(6)4-1-5-7/h3-4,6H,5,7H2,1-2H3;1H2,(H3,3,4,6). The zero-order chi connectivity index (χ0) is 17.4. The van der Waals surface area contributed by atoms with Gasteiger partial charge in [0, 0.05) is 0 Å². The van der Waals surface area contributed by atoms with E-state index in [1.807, 2.05) is 12.2 Å². The second-order valence-electron chi connectivity index (χ2n) is 4.82. The van der Waals surface area contributed by atoms with E-state index in [4.69, 9.17) is 0 Å². The summed E-state index contributed by atoms with van der Waals surface area (Å²) in [5.41, 5.74) is 8.48. The maximum Gasteiger partial charge on any atom is 0.313 e. The lowest BCUT2D eigenvalue weighted by atomic mass is 10.0. The van der Waals surface area contributed by atoms with Crippen molar-refractivity contribution in [1.82, 2.24) is 5.32 Å². The monoisotopic (exact) mass is 323 g/mol. The molecule has 3 N–H and O–H groups in total. The van der Waals surface area contributed by atoms with Gasteiger partial charge in [0.1, 0.15) is 5.82 Å². The Labute approximate surface area is 132 Å². The number of halogens is 1. The van der Waals surface area contributed by atoms with Crippen LogP contribution in [0.4, 0.5) is 9.18 Å². The van der Waals surface area contributed by atoms with E-state index in [1.165, 1.54) is 19.2 Å². The third-order valence-electron chi connectivity index (χ3n) is 3.23. The molecule has 0 unspecified atom stereocenters. The number of benzene rings is 1. The van der Waals surface area contributed by atoms with E-state index in [2.05, 4.69) is 15.6 Å². The molecular weight excluding hydrogens is 305 g/mol. The number of allylic oxidation sites excluding steroid dienone is 1. The van der Waals surface area contributed by atoms with Crippen LogP contribution in [-0.4, -0.2) is 25.8 Å². The maximum atomic E-state index is 13.1. The van der Waals surface area contributed by atoms with Gasteiger partial charge in [-0.3, -0.25) is 4.79 Å². The lowest BCUT2D eigenvalue weighted by Gasteiger charge is -2.05. The highest BCUT2D eigenvalue weighted by Crippen LogP contribution is 2.35. The molecule has 124 valence electrons. The summed E-state index contributed by atoms with van der Waals surface area (Å²) >= 11 is 0. The Kier molecular flexibility index (Phi) is 6.85. The summed E-state index contributed by atoms with van der Waals surface area (Å²) in [6, 6.07) is 3.98. The molecule has 0 spiro atoms. The summed E-state index contributed by atoms with van der Waals surface area (Å²) in [6.07, 6.45) is 1.01. The number of amides is 2. The van der Waals surface area contributed by atoms with Gasteiger partial charge >= 0.3 is 12.0 Å². The zero-order valence-corrected chi connectivity index (χ0v) is 12.9. The van der Waals surface area contributed by atoms with Crippen LogP contribution >= 0.6 is 0 Å². The Balaban J connectivity index is 0.000000322. The van der Waals surface area contributed by atoms with Crippen LogP contribution < -0.4 is 11.1 Å². The van der Waals surface area contributed by atoms with Gasteiger partial charge < -0.3 is 15.8 Å². The number of methoxy groups -OCH3 is 1. The van der Waals surface area contributed by atoms with E-state index < -0.39 is 6.03 Å². The van der Waals surface area contributed by atoms with Gasteiger partial charge in [0.15, 0.2) is 6.67 Å². The largest absolute Gasteiger partial charge is 0.469 e. The van der Waals surface area contributed by atoms with Gasteiger partial charge in [-0.2, -0.15) is 0 Å². The lowest BCUT2D eigenvalue weighted by molar-refractivity contribution is -0.139. The Hall–Kier alpha value is -2.77. The Morgan fingerprint density at radius 3 is 2.65 bits per heavy atom. The van der Waals surface area contributed by atoms with Crippen LogP contribution in [0.1, 0.15) is 24.5 Å². The van der Waals surface area contributed by atoms with Crippen molar-refractivity contribution in [2.45, 2.75) is 19.8 Å². The number of nitroso groups, excluding NO2 is 1. The minimum Gasteiger partial charge on any atom is -0.469 e. The maximum absolute atomic E-state index is 13.1. The molecule has 0 aliphatic heterocycles. The Morgan fingerprint density at radius 1 is 1.43 bits per heavy atom. The van der Waals surface area contributed by atoms with Gasteiger partial charge in [-0.15, -0.1) is 4.91 Å². The molecule has 7 nitrogen and oxygen atoms in total. The average molecular weight is 323 g/mol. The number of hydrogen-bond acceptors (Lipinski definition) is 5. The third kappa shape index (κ3) is 5.50. The predicted octanol–water partition coefficient (Wildman–Crippen LogP) is 2.10. The van der Waals surface area contributed by atoms with Crippen LogP contribution in [0.15, 0.2) is 28.9 Å². The van der Waals surface area contributed by atoms with Crippen molar-refractivity contribution in [1.29, 1.82) is 0 Å². The fourth-order valence-electron chi connectivity index (χ4n) is 2.18. The molecule has 0 bridgehead atoms. The summed E-state index contributed by atoms with van der Waals surface area (Å²) in [4.78, 5) is 30.1. The number of fused-ring (bicyclic) bond motifs is 1. The SMILES string of the molecule is COC(=O)CC1=C(C)Cc2ccc(F)cc21.NC(=O)NCN=O. The number of nitrogens with one attached hydrogen (secondary N) is 1. The molecule has 1 aliphatic carbocycles. The van der Waals surface area contributed by atoms with Crippen LogP contribution in [0.25, 0.3) is 5.57 Å². The molecule has 0 saturated carbocycles. The van der Waals surface area contributed by atoms with Crippen molar-refractivity contribution in [3.63, 3.8) is 0 Å². The van der Waals surface area contributed by atoms with Crippen LogP contribution in [-0.2, 0) is 16.0 Å². The number of ether oxygens (including phenoxy) is 1. The first-order chi connectivity index (χ1) is 10.9. The fraction of sp³-hybridized carbons (Fsp3) is 0.333. The molecule has 0 atom stereocenters. The molecule has 23 heavy (non-hydrogen) atoms. The Morgan fingerprint density at radius 2 is 2.13 bits per heavy atom. The van der Waals surface area contributed by atoms with Crippen molar-refractivity contribution in [2.24, 2.45) is 10.9 Å². The number of esters is 1. The van der Waals surface area contributed by atoms with Crippen LogP contribution in [0, 0.1) is 10.7 Å². The molecule has 2 amide bonds. The summed E-state index contributed by atoms with van der Waals surface area (Å²) in [7, 11) is 1.36. The average Bonchev–Trinajstić information content (AvgIpc) is 2.81. The number of urea groups is 1. The van der Waals surface area contributed by atoms with E-state index in [0.29, 0.717) is 0 Å². The smallest absolute Gasteiger partial charge is 0.313 e. The molecule has 2 rings (SSSR count). The molecule has 1 aromatic carbocycles. The molecule has 0 radical (unpaired) electrons. The molecule has 0 saturated heterocycles. The molecular formula is C15H18FN3O4. The summed E-state index contributed by atoms with van der Waals surface area (Å²) in [5.74, 6) is -0.553. The van der Waals surface area contributed by atoms with Crippen LogP contribution in [0.5, 0.6) is 0 Å². The molecule has 0 fully saturated rings. The van der Waals surface area contributed by atoms with Crippen molar-refractivity contribution < 1.29 is 18.7 Å².